The SMILES string of the molecule is CCOC(=O)CCCNCc1ccccc1Br. The average Bonchev–Trinajstić information content (AvgIpc) is 2.31. The van der Waals surface area contributed by atoms with Gasteiger partial charge in [-0.1, -0.05) is 34.1 Å². The molecule has 0 aromatic heterocycles. The number of halogens is 1. The molecule has 17 heavy (non-hydrogen) atoms. The van der Waals surface area contributed by atoms with Crippen LogP contribution >= 0.6 is 15.9 Å². The van der Waals surface area contributed by atoms with Crippen LogP contribution in [0.3, 0.4) is 0 Å². The van der Waals surface area contributed by atoms with E-state index in [4.69, 9.17) is 4.74 Å². The van der Waals surface area contributed by atoms with Crippen LogP contribution in [0.15, 0.2) is 28.7 Å². The molecule has 0 aliphatic rings. The first-order valence-corrected chi connectivity index (χ1v) is 6.63. The molecule has 0 saturated heterocycles. The van der Waals surface area contributed by atoms with E-state index >= 15 is 0 Å². The number of hydrogen-bond acceptors (Lipinski definition) is 3. The van der Waals surface area contributed by atoms with Crippen LogP contribution in [0.25, 0.3) is 0 Å². The minimum Gasteiger partial charge on any atom is -0.466 e. The predicted octanol–water partition coefficient (Wildman–Crippen LogP) is 2.88. The summed E-state index contributed by atoms with van der Waals surface area (Å²) in [6.45, 7) is 3.91. The molecule has 0 radical (unpaired) electrons. The van der Waals surface area contributed by atoms with E-state index in [1.807, 2.05) is 25.1 Å². The molecule has 1 aromatic rings. The molecule has 0 amide bonds. The van der Waals surface area contributed by atoms with Gasteiger partial charge in [0.15, 0.2) is 0 Å². The van der Waals surface area contributed by atoms with Gasteiger partial charge in [-0.3, -0.25) is 4.79 Å². The van der Waals surface area contributed by atoms with Gasteiger partial charge in [-0.2, -0.15) is 0 Å². The normalized spacial score (nSPS) is 10.2. The van der Waals surface area contributed by atoms with Crippen LogP contribution in [0.1, 0.15) is 25.3 Å². The Kier molecular flexibility index (Phi) is 6.89. The summed E-state index contributed by atoms with van der Waals surface area (Å²) in [5.41, 5.74) is 1.23. The molecule has 0 heterocycles. The summed E-state index contributed by atoms with van der Waals surface area (Å²) >= 11 is 3.50. The number of esters is 1. The minimum atomic E-state index is -0.116. The molecule has 3 nitrogen and oxygen atoms in total. The third-order valence-corrected chi connectivity index (χ3v) is 3.09. The standard InChI is InChI=1S/C13H18BrNO2/c1-2-17-13(16)8-5-9-15-10-11-6-3-4-7-12(11)14/h3-4,6-7,15H,2,5,8-10H2,1H3. The number of benzene rings is 1. The fraction of sp³-hybridized carbons (Fsp3) is 0.462. The number of rotatable bonds is 7. The Morgan fingerprint density at radius 3 is 2.88 bits per heavy atom. The van der Waals surface area contributed by atoms with E-state index in [1.165, 1.54) is 5.56 Å². The van der Waals surface area contributed by atoms with Gasteiger partial charge in [0.1, 0.15) is 0 Å². The van der Waals surface area contributed by atoms with Crippen molar-refractivity contribution < 1.29 is 9.53 Å². The van der Waals surface area contributed by atoms with E-state index in [9.17, 15) is 4.79 Å². The van der Waals surface area contributed by atoms with Crippen molar-refractivity contribution in [1.29, 1.82) is 0 Å². The maximum absolute atomic E-state index is 11.1. The Morgan fingerprint density at radius 2 is 2.18 bits per heavy atom. The van der Waals surface area contributed by atoms with Crippen molar-refractivity contribution >= 4 is 21.9 Å². The van der Waals surface area contributed by atoms with Crippen LogP contribution in [0, 0.1) is 0 Å². The van der Waals surface area contributed by atoms with Gasteiger partial charge in [0.25, 0.3) is 0 Å². The highest BCUT2D eigenvalue weighted by Crippen LogP contribution is 2.15. The first kappa shape index (κ1) is 14.2. The van der Waals surface area contributed by atoms with Gasteiger partial charge in [-0.25, -0.2) is 0 Å². The Morgan fingerprint density at radius 1 is 1.41 bits per heavy atom. The lowest BCUT2D eigenvalue weighted by Crippen LogP contribution is -2.16. The van der Waals surface area contributed by atoms with E-state index in [0.717, 1.165) is 24.0 Å². The summed E-state index contributed by atoms with van der Waals surface area (Å²) in [4.78, 5) is 11.1. The Bertz CT molecular complexity index is 355. The third-order valence-electron chi connectivity index (χ3n) is 2.31. The van der Waals surface area contributed by atoms with Crippen molar-refractivity contribution in [3.05, 3.63) is 34.3 Å². The fourth-order valence-electron chi connectivity index (χ4n) is 1.46. The Hall–Kier alpha value is -0.870. The molecule has 0 spiro atoms. The van der Waals surface area contributed by atoms with E-state index in [2.05, 4.69) is 27.3 Å². The molecule has 0 aliphatic heterocycles. The minimum absolute atomic E-state index is 0.116. The van der Waals surface area contributed by atoms with Gasteiger partial charge in [-0.05, 0) is 31.5 Å². The quantitative estimate of drug-likeness (QED) is 0.621. The highest BCUT2D eigenvalue weighted by Gasteiger charge is 2.01. The molecule has 0 aliphatic carbocycles. The second-order valence-electron chi connectivity index (χ2n) is 3.68. The van der Waals surface area contributed by atoms with Crippen LogP contribution in [0.4, 0.5) is 0 Å². The fourth-order valence-corrected chi connectivity index (χ4v) is 1.88. The number of hydrogen-bond donors (Lipinski definition) is 1. The number of carbonyl (C=O) groups is 1. The van der Waals surface area contributed by atoms with Crippen LogP contribution in [0.5, 0.6) is 0 Å². The molecule has 1 rings (SSSR count). The summed E-state index contributed by atoms with van der Waals surface area (Å²) in [6, 6.07) is 8.10. The van der Waals surface area contributed by atoms with Crippen LogP contribution in [-0.4, -0.2) is 19.1 Å². The van der Waals surface area contributed by atoms with Gasteiger partial charge in [0.2, 0.25) is 0 Å². The Balaban J connectivity index is 2.13. The topological polar surface area (TPSA) is 38.3 Å². The highest BCUT2D eigenvalue weighted by atomic mass is 79.9. The molecule has 0 saturated carbocycles. The summed E-state index contributed by atoms with van der Waals surface area (Å²) in [5, 5.41) is 3.30. The molecular formula is C13H18BrNO2. The van der Waals surface area contributed by atoms with E-state index in [-0.39, 0.29) is 5.97 Å². The zero-order valence-electron chi connectivity index (χ0n) is 10.0. The monoisotopic (exact) mass is 299 g/mol. The first-order chi connectivity index (χ1) is 8.24. The van der Waals surface area contributed by atoms with Crippen LogP contribution in [0.2, 0.25) is 0 Å². The zero-order chi connectivity index (χ0) is 12.5. The third kappa shape index (κ3) is 5.84. The van der Waals surface area contributed by atoms with Crippen LogP contribution < -0.4 is 5.32 Å². The van der Waals surface area contributed by atoms with Gasteiger partial charge in [0, 0.05) is 17.4 Å². The van der Waals surface area contributed by atoms with E-state index in [0.29, 0.717) is 13.0 Å². The summed E-state index contributed by atoms with van der Waals surface area (Å²) < 4.78 is 5.96. The lowest BCUT2D eigenvalue weighted by atomic mass is 10.2. The molecule has 0 bridgehead atoms. The predicted molar refractivity (Wildman–Crippen MR) is 71.7 cm³/mol. The van der Waals surface area contributed by atoms with Crippen molar-refractivity contribution in [2.45, 2.75) is 26.3 Å². The maximum atomic E-state index is 11.1. The maximum Gasteiger partial charge on any atom is 0.305 e. The highest BCUT2D eigenvalue weighted by molar-refractivity contribution is 9.10. The van der Waals surface area contributed by atoms with Crippen molar-refractivity contribution in [1.82, 2.24) is 5.32 Å². The summed E-state index contributed by atoms with van der Waals surface area (Å²) in [5.74, 6) is -0.116. The lowest BCUT2D eigenvalue weighted by molar-refractivity contribution is -0.143. The van der Waals surface area contributed by atoms with Gasteiger partial charge in [0.05, 0.1) is 6.61 Å². The summed E-state index contributed by atoms with van der Waals surface area (Å²) in [6.07, 6.45) is 1.29. The molecule has 4 heteroatoms. The Labute approximate surface area is 111 Å². The van der Waals surface area contributed by atoms with Crippen molar-refractivity contribution in [3.63, 3.8) is 0 Å². The number of carbonyl (C=O) groups excluding carboxylic acids is 1. The van der Waals surface area contributed by atoms with Crippen molar-refractivity contribution in [2.24, 2.45) is 0 Å². The zero-order valence-corrected chi connectivity index (χ0v) is 11.6. The molecule has 0 fully saturated rings. The molecule has 0 atom stereocenters. The molecule has 1 N–H and O–H groups in total. The number of ether oxygens (including phenoxy) is 1. The molecule has 94 valence electrons. The second kappa shape index (κ2) is 8.25. The van der Waals surface area contributed by atoms with Gasteiger partial charge < -0.3 is 10.1 Å². The molecule has 0 unspecified atom stereocenters. The lowest BCUT2D eigenvalue weighted by Gasteiger charge is -2.06. The molecule has 1 aromatic carbocycles. The van der Waals surface area contributed by atoms with Gasteiger partial charge >= 0.3 is 5.97 Å². The van der Waals surface area contributed by atoms with Crippen molar-refractivity contribution in [3.8, 4) is 0 Å². The molecular weight excluding hydrogens is 282 g/mol. The summed E-state index contributed by atoms with van der Waals surface area (Å²) in [7, 11) is 0. The number of nitrogens with one attached hydrogen (secondary N) is 1. The van der Waals surface area contributed by atoms with Crippen LogP contribution in [-0.2, 0) is 16.1 Å². The van der Waals surface area contributed by atoms with Crippen molar-refractivity contribution in [2.75, 3.05) is 13.2 Å². The smallest absolute Gasteiger partial charge is 0.305 e. The largest absolute Gasteiger partial charge is 0.466 e. The van der Waals surface area contributed by atoms with E-state index < -0.39 is 0 Å². The van der Waals surface area contributed by atoms with Gasteiger partial charge in [-0.15, -0.1) is 0 Å². The second-order valence-corrected chi connectivity index (χ2v) is 4.53. The first-order valence-electron chi connectivity index (χ1n) is 5.83. The average molecular weight is 300 g/mol. The van der Waals surface area contributed by atoms with E-state index in [1.54, 1.807) is 0 Å².